The first kappa shape index (κ1) is 13.4. The molecule has 1 aliphatic heterocycles. The minimum Gasteiger partial charge on any atom is -0.394 e. The maximum absolute atomic E-state index is 11.6. The van der Waals surface area contributed by atoms with Crippen LogP contribution in [0.3, 0.4) is 0 Å². The van der Waals surface area contributed by atoms with Crippen LogP contribution in [0, 0.1) is 0 Å². The zero-order valence-corrected chi connectivity index (χ0v) is 10.7. The van der Waals surface area contributed by atoms with Crippen molar-refractivity contribution in [2.24, 2.45) is 0 Å². The van der Waals surface area contributed by atoms with Crippen molar-refractivity contribution in [3.05, 3.63) is 21.2 Å². The van der Waals surface area contributed by atoms with E-state index in [4.69, 9.17) is 15.6 Å². The number of aliphatic hydroxyl groups excluding tert-OH is 3. The van der Waals surface area contributed by atoms with Gasteiger partial charge in [-0.1, -0.05) is 0 Å². The number of hydrogen-bond acceptors (Lipinski definition) is 7. The van der Waals surface area contributed by atoms with Crippen molar-refractivity contribution in [3.8, 4) is 0 Å². The van der Waals surface area contributed by atoms with Gasteiger partial charge in [0, 0.05) is 6.20 Å². The van der Waals surface area contributed by atoms with E-state index in [1.807, 2.05) is 0 Å². The molecule has 1 saturated heterocycles. The van der Waals surface area contributed by atoms with Gasteiger partial charge in [-0.15, -0.1) is 0 Å². The molecular formula is C9H12BrN3O5. The molecule has 4 atom stereocenters. The summed E-state index contributed by atoms with van der Waals surface area (Å²) >= 11 is 3.10. The van der Waals surface area contributed by atoms with Crippen LogP contribution in [0.5, 0.6) is 0 Å². The van der Waals surface area contributed by atoms with Crippen molar-refractivity contribution in [1.82, 2.24) is 9.55 Å². The van der Waals surface area contributed by atoms with Gasteiger partial charge >= 0.3 is 5.69 Å². The van der Waals surface area contributed by atoms with Crippen LogP contribution in [0.1, 0.15) is 6.23 Å². The van der Waals surface area contributed by atoms with Crippen LogP contribution in [0.2, 0.25) is 0 Å². The summed E-state index contributed by atoms with van der Waals surface area (Å²) in [6.07, 6.45) is -3.37. The lowest BCUT2D eigenvalue weighted by molar-refractivity contribution is -0.0550. The van der Waals surface area contributed by atoms with Crippen LogP contribution in [-0.2, 0) is 4.74 Å². The van der Waals surface area contributed by atoms with Crippen molar-refractivity contribution >= 4 is 21.7 Å². The lowest BCUT2D eigenvalue weighted by Crippen LogP contribution is -2.36. The van der Waals surface area contributed by atoms with Gasteiger partial charge in [0.1, 0.15) is 24.1 Å². The Morgan fingerprint density at radius 2 is 2.17 bits per heavy atom. The largest absolute Gasteiger partial charge is 0.394 e. The fraction of sp³-hybridized carbons (Fsp3) is 0.556. The molecule has 0 amide bonds. The van der Waals surface area contributed by atoms with Crippen LogP contribution in [0.4, 0.5) is 5.82 Å². The Morgan fingerprint density at radius 1 is 1.50 bits per heavy atom. The maximum atomic E-state index is 11.6. The number of anilines is 1. The first-order valence-corrected chi connectivity index (χ1v) is 5.91. The third-order valence-corrected chi connectivity index (χ3v) is 3.34. The van der Waals surface area contributed by atoms with Gasteiger partial charge in [0.05, 0.1) is 11.1 Å². The van der Waals surface area contributed by atoms with E-state index in [9.17, 15) is 15.0 Å². The Morgan fingerprint density at radius 3 is 2.72 bits per heavy atom. The highest BCUT2D eigenvalue weighted by Gasteiger charge is 2.43. The molecule has 18 heavy (non-hydrogen) atoms. The number of aliphatic hydroxyl groups is 3. The summed E-state index contributed by atoms with van der Waals surface area (Å²) in [5, 5.41) is 28.3. The van der Waals surface area contributed by atoms with E-state index in [1.165, 1.54) is 6.20 Å². The number of ether oxygens (including phenoxy) is 1. The monoisotopic (exact) mass is 321 g/mol. The lowest BCUT2D eigenvalue weighted by atomic mass is 10.1. The zero-order valence-electron chi connectivity index (χ0n) is 9.10. The number of nitrogens with two attached hydrogens (primary N) is 1. The third kappa shape index (κ3) is 2.15. The molecule has 1 aliphatic rings. The minimum absolute atomic E-state index is 0.0167. The van der Waals surface area contributed by atoms with Gasteiger partial charge in [-0.3, -0.25) is 4.57 Å². The summed E-state index contributed by atoms with van der Waals surface area (Å²) < 4.78 is 6.57. The predicted octanol–water partition coefficient (Wildman–Crippen LogP) is -1.80. The molecule has 1 fully saturated rings. The molecule has 0 spiro atoms. The number of halogens is 1. The van der Waals surface area contributed by atoms with E-state index in [1.54, 1.807) is 0 Å². The van der Waals surface area contributed by atoms with E-state index in [-0.39, 0.29) is 5.82 Å². The molecule has 0 radical (unpaired) electrons. The first-order valence-electron chi connectivity index (χ1n) is 5.12. The van der Waals surface area contributed by atoms with Crippen LogP contribution >= 0.6 is 15.9 Å². The van der Waals surface area contributed by atoms with E-state index in [0.717, 1.165) is 4.57 Å². The fourth-order valence-corrected chi connectivity index (χ4v) is 2.06. The van der Waals surface area contributed by atoms with Gasteiger partial charge in [0.15, 0.2) is 6.23 Å². The molecule has 9 heteroatoms. The summed E-state index contributed by atoms with van der Waals surface area (Å²) in [6, 6.07) is 0. The van der Waals surface area contributed by atoms with Crippen molar-refractivity contribution in [2.75, 3.05) is 12.3 Å². The molecule has 0 bridgehead atoms. The number of aromatic nitrogens is 2. The van der Waals surface area contributed by atoms with E-state index in [2.05, 4.69) is 20.9 Å². The second kappa shape index (κ2) is 4.94. The quantitative estimate of drug-likeness (QED) is 0.505. The summed E-state index contributed by atoms with van der Waals surface area (Å²) in [7, 11) is 0. The molecule has 5 N–H and O–H groups in total. The molecule has 2 rings (SSSR count). The first-order chi connectivity index (χ1) is 8.45. The Labute approximate surface area is 110 Å². The maximum Gasteiger partial charge on any atom is 0.351 e. The number of nitrogens with zero attached hydrogens (tertiary/aromatic N) is 2. The molecule has 1 aromatic rings. The van der Waals surface area contributed by atoms with Crippen LogP contribution < -0.4 is 11.4 Å². The van der Waals surface area contributed by atoms with Crippen molar-refractivity contribution in [3.63, 3.8) is 0 Å². The predicted molar refractivity (Wildman–Crippen MR) is 63.6 cm³/mol. The van der Waals surface area contributed by atoms with E-state index in [0.29, 0.717) is 4.47 Å². The molecule has 1 aromatic heterocycles. The number of rotatable bonds is 2. The van der Waals surface area contributed by atoms with Gasteiger partial charge in [-0.2, -0.15) is 4.98 Å². The van der Waals surface area contributed by atoms with Gasteiger partial charge in [0.25, 0.3) is 0 Å². The second-order valence-corrected chi connectivity index (χ2v) is 4.75. The topological polar surface area (TPSA) is 131 Å². The molecule has 0 aromatic carbocycles. The van der Waals surface area contributed by atoms with Gasteiger partial charge in [0.2, 0.25) is 0 Å². The fourth-order valence-electron chi connectivity index (χ4n) is 1.75. The smallest absolute Gasteiger partial charge is 0.351 e. The second-order valence-electron chi connectivity index (χ2n) is 3.89. The van der Waals surface area contributed by atoms with Gasteiger partial charge < -0.3 is 25.8 Å². The summed E-state index contributed by atoms with van der Waals surface area (Å²) in [6.45, 7) is -0.465. The normalized spacial score (nSPS) is 31.8. The Balaban J connectivity index is 2.39. The van der Waals surface area contributed by atoms with Gasteiger partial charge in [-0.05, 0) is 15.9 Å². The summed E-state index contributed by atoms with van der Waals surface area (Å²) in [5.74, 6) is 0.0167. The van der Waals surface area contributed by atoms with Crippen LogP contribution in [0.15, 0.2) is 15.5 Å². The highest BCUT2D eigenvalue weighted by atomic mass is 79.9. The van der Waals surface area contributed by atoms with Gasteiger partial charge in [-0.25, -0.2) is 4.79 Å². The highest BCUT2D eigenvalue weighted by molar-refractivity contribution is 9.10. The van der Waals surface area contributed by atoms with E-state index < -0.39 is 36.8 Å². The SMILES string of the molecule is Nc1nc(=O)n([C@@H]2O[C@H](CO)[C@H](O)[C@H]2O)cc1Br. The van der Waals surface area contributed by atoms with Crippen LogP contribution in [-0.4, -0.2) is 49.8 Å². The number of hydrogen-bond donors (Lipinski definition) is 4. The van der Waals surface area contributed by atoms with Crippen molar-refractivity contribution in [1.29, 1.82) is 0 Å². The molecule has 0 unspecified atom stereocenters. The molecule has 0 aliphatic carbocycles. The lowest BCUT2D eigenvalue weighted by Gasteiger charge is -2.17. The zero-order chi connectivity index (χ0) is 13.4. The number of nitrogen functional groups attached to an aromatic ring is 1. The van der Waals surface area contributed by atoms with Crippen LogP contribution in [0.25, 0.3) is 0 Å². The highest BCUT2D eigenvalue weighted by Crippen LogP contribution is 2.29. The third-order valence-electron chi connectivity index (χ3n) is 2.73. The average molecular weight is 322 g/mol. The Bertz CT molecular complexity index is 507. The molecule has 0 saturated carbocycles. The standard InChI is InChI=1S/C9H12BrN3O5/c10-3-1-13(9(17)12-7(3)11)8-6(16)5(15)4(2-14)18-8/h1,4-6,8,14-16H,2H2,(H2,11,12,17)/t4-,5+,6-,8-/m1/s1. The van der Waals surface area contributed by atoms with Crippen molar-refractivity contribution in [2.45, 2.75) is 24.5 Å². The molecule has 8 nitrogen and oxygen atoms in total. The molecule has 100 valence electrons. The average Bonchev–Trinajstić information content (AvgIpc) is 2.61. The Hall–Kier alpha value is -1.00. The molecule has 2 heterocycles. The van der Waals surface area contributed by atoms with E-state index >= 15 is 0 Å². The summed E-state index contributed by atoms with van der Waals surface area (Å²) in [4.78, 5) is 15.2. The molecular weight excluding hydrogens is 310 g/mol. The van der Waals surface area contributed by atoms with Crippen molar-refractivity contribution < 1.29 is 20.1 Å². The minimum atomic E-state index is -1.34. The summed E-state index contributed by atoms with van der Waals surface area (Å²) in [5.41, 5.74) is 4.72. The Kier molecular flexibility index (Phi) is 3.69.